The van der Waals surface area contributed by atoms with E-state index in [-0.39, 0.29) is 12.5 Å². The third-order valence-electron chi connectivity index (χ3n) is 5.23. The number of carbonyl (C=O) groups excluding carboxylic acids is 2. The summed E-state index contributed by atoms with van der Waals surface area (Å²) in [5.74, 6) is 0.450. The van der Waals surface area contributed by atoms with E-state index in [2.05, 4.69) is 27.7 Å². The van der Waals surface area contributed by atoms with Gasteiger partial charge >= 0.3 is 0 Å². The molecule has 1 aliphatic heterocycles. The van der Waals surface area contributed by atoms with E-state index in [4.69, 9.17) is 14.2 Å². The van der Waals surface area contributed by atoms with Gasteiger partial charge in [-0.1, -0.05) is 12.1 Å². The molecule has 2 N–H and O–H groups in total. The fourth-order valence-corrected chi connectivity index (χ4v) is 3.54. The number of hydrogen-bond acceptors (Lipinski definition) is 6. The molecule has 31 heavy (non-hydrogen) atoms. The van der Waals surface area contributed by atoms with Crippen molar-refractivity contribution >= 4 is 17.5 Å². The van der Waals surface area contributed by atoms with E-state index in [1.165, 1.54) is 52.0 Å². The van der Waals surface area contributed by atoms with E-state index < -0.39 is 5.91 Å². The minimum absolute atomic E-state index is 0.138. The van der Waals surface area contributed by atoms with Gasteiger partial charge in [0.2, 0.25) is 11.7 Å². The van der Waals surface area contributed by atoms with Crippen molar-refractivity contribution in [3.63, 3.8) is 0 Å². The molecule has 1 saturated heterocycles. The van der Waals surface area contributed by atoms with E-state index in [1.54, 1.807) is 0 Å². The molecule has 0 bridgehead atoms. The number of ether oxygens (including phenoxy) is 3. The summed E-state index contributed by atoms with van der Waals surface area (Å²) in [5, 5.41) is 5.43. The van der Waals surface area contributed by atoms with Gasteiger partial charge in [0.1, 0.15) is 0 Å². The first-order valence-electron chi connectivity index (χ1n) is 10.2. The molecule has 2 aromatic rings. The van der Waals surface area contributed by atoms with Gasteiger partial charge in [-0.05, 0) is 42.7 Å². The average molecular weight is 428 g/mol. The van der Waals surface area contributed by atoms with E-state index in [0.717, 1.165) is 18.7 Å². The highest BCUT2D eigenvalue weighted by Crippen LogP contribution is 2.38. The lowest BCUT2D eigenvalue weighted by Gasteiger charge is -2.17. The Hall–Kier alpha value is -3.42. The monoisotopic (exact) mass is 427 g/mol. The van der Waals surface area contributed by atoms with Crippen molar-refractivity contribution in [3.8, 4) is 17.2 Å². The van der Waals surface area contributed by atoms with Crippen LogP contribution in [0.2, 0.25) is 0 Å². The van der Waals surface area contributed by atoms with Crippen molar-refractivity contribution in [2.75, 3.05) is 45.9 Å². The summed E-state index contributed by atoms with van der Waals surface area (Å²) in [6.07, 6.45) is 2.47. The Labute approximate surface area is 182 Å². The summed E-state index contributed by atoms with van der Waals surface area (Å²) in [5.41, 5.74) is 2.53. The van der Waals surface area contributed by atoms with Gasteiger partial charge in [0.25, 0.3) is 5.91 Å². The van der Waals surface area contributed by atoms with E-state index in [9.17, 15) is 9.59 Å². The Morgan fingerprint density at radius 3 is 2.06 bits per heavy atom. The molecule has 0 unspecified atom stereocenters. The minimum Gasteiger partial charge on any atom is -0.493 e. The lowest BCUT2D eigenvalue weighted by atomic mass is 10.1. The first-order valence-corrected chi connectivity index (χ1v) is 10.2. The molecular formula is C23H29N3O5. The molecule has 166 valence electrons. The number of hydrogen-bond donors (Lipinski definition) is 2. The van der Waals surface area contributed by atoms with Gasteiger partial charge in [0, 0.05) is 30.9 Å². The van der Waals surface area contributed by atoms with Crippen LogP contribution in [0.15, 0.2) is 36.4 Å². The standard InChI is InChI=1S/C23H29N3O5/c1-29-19-12-17(13-20(30-2)22(19)31-3)23(28)25-15-21(27)24-14-16-6-8-18(9-7-16)26-10-4-5-11-26/h6-9,12-13H,4-5,10-11,14-15H2,1-3H3,(H,24,27)(H,25,28). The van der Waals surface area contributed by atoms with Gasteiger partial charge < -0.3 is 29.7 Å². The zero-order valence-corrected chi connectivity index (χ0v) is 18.2. The highest BCUT2D eigenvalue weighted by atomic mass is 16.5. The Morgan fingerprint density at radius 2 is 1.52 bits per heavy atom. The van der Waals surface area contributed by atoms with Crippen LogP contribution in [-0.2, 0) is 11.3 Å². The predicted octanol–water partition coefficient (Wildman–Crippen LogP) is 2.36. The molecule has 2 aromatic carbocycles. The Bertz CT molecular complexity index is 883. The van der Waals surface area contributed by atoms with Crippen molar-refractivity contribution in [1.82, 2.24) is 10.6 Å². The molecular weight excluding hydrogens is 398 g/mol. The molecule has 8 nitrogen and oxygen atoms in total. The normalized spacial score (nSPS) is 12.9. The summed E-state index contributed by atoms with van der Waals surface area (Å²) in [6, 6.07) is 11.3. The molecule has 0 saturated carbocycles. The lowest BCUT2D eigenvalue weighted by molar-refractivity contribution is -0.120. The van der Waals surface area contributed by atoms with Crippen LogP contribution in [0.1, 0.15) is 28.8 Å². The van der Waals surface area contributed by atoms with Gasteiger partial charge in [-0.3, -0.25) is 9.59 Å². The molecule has 1 aliphatic rings. The number of rotatable bonds is 9. The number of anilines is 1. The Balaban J connectivity index is 1.50. The largest absolute Gasteiger partial charge is 0.493 e. The quantitative estimate of drug-likeness (QED) is 0.639. The molecule has 0 aliphatic carbocycles. The third-order valence-corrected chi connectivity index (χ3v) is 5.23. The molecule has 1 fully saturated rings. The summed E-state index contributed by atoms with van der Waals surface area (Å²) in [4.78, 5) is 27.0. The fraction of sp³-hybridized carbons (Fsp3) is 0.391. The highest BCUT2D eigenvalue weighted by Gasteiger charge is 2.17. The van der Waals surface area contributed by atoms with Crippen LogP contribution in [0.3, 0.4) is 0 Å². The second kappa shape index (κ2) is 10.6. The summed E-state index contributed by atoms with van der Waals surface area (Å²) < 4.78 is 15.8. The van der Waals surface area contributed by atoms with Gasteiger partial charge in [0.15, 0.2) is 11.5 Å². The van der Waals surface area contributed by atoms with E-state index in [0.29, 0.717) is 29.4 Å². The van der Waals surface area contributed by atoms with Crippen LogP contribution >= 0.6 is 0 Å². The van der Waals surface area contributed by atoms with E-state index >= 15 is 0 Å². The Kier molecular flexibility index (Phi) is 7.59. The molecule has 0 spiro atoms. The van der Waals surface area contributed by atoms with Crippen LogP contribution in [-0.4, -0.2) is 52.8 Å². The van der Waals surface area contributed by atoms with Gasteiger partial charge in [-0.15, -0.1) is 0 Å². The average Bonchev–Trinajstić information content (AvgIpc) is 3.35. The van der Waals surface area contributed by atoms with Gasteiger partial charge in [-0.2, -0.15) is 0 Å². The van der Waals surface area contributed by atoms with Crippen LogP contribution < -0.4 is 29.7 Å². The first-order chi connectivity index (χ1) is 15.0. The molecule has 0 radical (unpaired) electrons. The zero-order valence-electron chi connectivity index (χ0n) is 18.2. The van der Waals surface area contributed by atoms with Crippen LogP contribution in [0.5, 0.6) is 17.2 Å². The minimum atomic E-state index is -0.413. The number of carbonyl (C=O) groups is 2. The number of amides is 2. The first kappa shape index (κ1) is 22.3. The molecule has 3 rings (SSSR count). The van der Waals surface area contributed by atoms with Crippen LogP contribution in [0.4, 0.5) is 5.69 Å². The van der Waals surface area contributed by atoms with Crippen LogP contribution in [0, 0.1) is 0 Å². The maximum Gasteiger partial charge on any atom is 0.251 e. The molecule has 8 heteroatoms. The van der Waals surface area contributed by atoms with Crippen molar-refractivity contribution in [3.05, 3.63) is 47.5 Å². The number of nitrogens with one attached hydrogen (secondary N) is 2. The number of methoxy groups -OCH3 is 3. The van der Waals surface area contributed by atoms with E-state index in [1.807, 2.05) is 12.1 Å². The molecule has 2 amide bonds. The summed E-state index contributed by atoms with van der Waals surface area (Å²) in [6.45, 7) is 2.46. The van der Waals surface area contributed by atoms with Crippen molar-refractivity contribution in [2.45, 2.75) is 19.4 Å². The zero-order chi connectivity index (χ0) is 22.2. The Morgan fingerprint density at radius 1 is 0.903 bits per heavy atom. The van der Waals surface area contributed by atoms with Crippen molar-refractivity contribution in [2.24, 2.45) is 0 Å². The second-order valence-corrected chi connectivity index (χ2v) is 7.23. The fourth-order valence-electron chi connectivity index (χ4n) is 3.54. The highest BCUT2D eigenvalue weighted by molar-refractivity contribution is 5.97. The third kappa shape index (κ3) is 5.59. The second-order valence-electron chi connectivity index (χ2n) is 7.23. The smallest absolute Gasteiger partial charge is 0.251 e. The molecule has 0 aromatic heterocycles. The van der Waals surface area contributed by atoms with Gasteiger partial charge in [-0.25, -0.2) is 0 Å². The van der Waals surface area contributed by atoms with Crippen LogP contribution in [0.25, 0.3) is 0 Å². The maximum absolute atomic E-state index is 12.5. The summed E-state index contributed by atoms with van der Waals surface area (Å²) in [7, 11) is 4.44. The molecule has 0 atom stereocenters. The predicted molar refractivity (Wildman–Crippen MR) is 118 cm³/mol. The number of benzene rings is 2. The molecule has 1 heterocycles. The topological polar surface area (TPSA) is 89.1 Å². The SMILES string of the molecule is COc1cc(C(=O)NCC(=O)NCc2ccc(N3CCCC3)cc2)cc(OC)c1OC. The van der Waals surface area contributed by atoms with Gasteiger partial charge in [0.05, 0.1) is 27.9 Å². The van der Waals surface area contributed by atoms with Crippen molar-refractivity contribution < 1.29 is 23.8 Å². The summed E-state index contributed by atoms with van der Waals surface area (Å²) >= 11 is 0. The van der Waals surface area contributed by atoms with Crippen molar-refractivity contribution in [1.29, 1.82) is 0 Å². The maximum atomic E-state index is 12.5. The number of nitrogens with zero attached hydrogens (tertiary/aromatic N) is 1. The lowest BCUT2D eigenvalue weighted by Crippen LogP contribution is -2.36.